The quantitative estimate of drug-likeness (QED) is 0.273. The van der Waals surface area contributed by atoms with Gasteiger partial charge in [0.15, 0.2) is 0 Å². The highest BCUT2D eigenvalue weighted by Gasteiger charge is 2.27. The fraction of sp³-hybridized carbons (Fsp3) is 0.345. The summed E-state index contributed by atoms with van der Waals surface area (Å²) in [7, 11) is 0. The number of nitro groups is 1. The monoisotopic (exact) mass is 520 g/mol. The first-order chi connectivity index (χ1) is 18.5. The lowest BCUT2D eigenvalue weighted by atomic mass is 9.96. The highest BCUT2D eigenvalue weighted by Crippen LogP contribution is 2.30. The third-order valence-electron chi connectivity index (χ3n) is 7.27. The second kappa shape index (κ2) is 11.8. The van der Waals surface area contributed by atoms with Crippen LogP contribution in [0.15, 0.2) is 78.0 Å². The zero-order valence-corrected chi connectivity index (χ0v) is 21.0. The van der Waals surface area contributed by atoms with Gasteiger partial charge < -0.3 is 9.74 Å². The number of nitro benzene ring substituents is 1. The summed E-state index contributed by atoms with van der Waals surface area (Å²) in [6, 6.07) is 19.6. The number of halogens is 2. The minimum absolute atomic E-state index is 0.0214. The average molecular weight is 521 g/mol. The Morgan fingerprint density at radius 3 is 2.18 bits per heavy atom. The van der Waals surface area contributed by atoms with Crippen molar-refractivity contribution in [2.75, 3.05) is 32.7 Å². The third-order valence-corrected chi connectivity index (χ3v) is 7.27. The first-order valence-electron chi connectivity index (χ1n) is 12.9. The molecule has 2 aliphatic rings. The Hall–Kier alpha value is -3.69. The Kier molecular flexibility index (Phi) is 8.05. The Balaban J connectivity index is 1.11. The van der Waals surface area contributed by atoms with Crippen LogP contribution in [0.3, 0.4) is 0 Å². The standard InChI is InChI=1S/C29H30F2N4O3/c30-24-10-6-21(7-11-24)29(22-8-12-25(31)13-9-22)34-17-15-33(16-18-34)14-2-5-27-20-28(32-38-27)23-3-1-4-26(19-23)35(36)37/h1,3-4,6-13,19,27,29H,2,5,14-18,20H2. The van der Waals surface area contributed by atoms with E-state index in [0.717, 1.165) is 68.0 Å². The zero-order chi connectivity index (χ0) is 26.5. The van der Waals surface area contributed by atoms with Gasteiger partial charge in [-0.05, 0) is 54.8 Å². The molecule has 1 fully saturated rings. The van der Waals surface area contributed by atoms with Crippen molar-refractivity contribution in [1.82, 2.24) is 9.80 Å². The molecule has 198 valence electrons. The van der Waals surface area contributed by atoms with Crippen molar-refractivity contribution in [1.29, 1.82) is 0 Å². The lowest BCUT2D eigenvalue weighted by Gasteiger charge is -2.40. The Labute approximate surface area is 220 Å². The Bertz CT molecular complexity index is 1230. The Morgan fingerprint density at radius 1 is 0.947 bits per heavy atom. The summed E-state index contributed by atoms with van der Waals surface area (Å²) in [5.74, 6) is -0.546. The molecule has 3 aromatic carbocycles. The van der Waals surface area contributed by atoms with Gasteiger partial charge >= 0.3 is 0 Å². The van der Waals surface area contributed by atoms with E-state index in [9.17, 15) is 18.9 Å². The van der Waals surface area contributed by atoms with E-state index in [0.29, 0.717) is 6.42 Å². The maximum absolute atomic E-state index is 13.6. The summed E-state index contributed by atoms with van der Waals surface area (Å²) in [6.45, 7) is 4.44. The van der Waals surface area contributed by atoms with Crippen LogP contribution < -0.4 is 0 Å². The first kappa shape index (κ1) is 25.9. The molecule has 0 radical (unpaired) electrons. The van der Waals surface area contributed by atoms with E-state index >= 15 is 0 Å². The van der Waals surface area contributed by atoms with Crippen LogP contribution in [0.1, 0.15) is 42.0 Å². The number of oxime groups is 1. The smallest absolute Gasteiger partial charge is 0.270 e. The molecule has 1 atom stereocenters. The summed E-state index contributed by atoms with van der Waals surface area (Å²) >= 11 is 0. The first-order valence-corrected chi connectivity index (χ1v) is 12.9. The highest BCUT2D eigenvalue weighted by molar-refractivity contribution is 6.01. The van der Waals surface area contributed by atoms with E-state index in [2.05, 4.69) is 15.0 Å². The molecule has 1 saturated heterocycles. The van der Waals surface area contributed by atoms with Crippen molar-refractivity contribution >= 4 is 11.4 Å². The van der Waals surface area contributed by atoms with E-state index in [1.165, 1.54) is 36.4 Å². The minimum atomic E-state index is -0.404. The molecule has 0 saturated carbocycles. The number of hydrogen-bond donors (Lipinski definition) is 0. The molecule has 3 aromatic rings. The summed E-state index contributed by atoms with van der Waals surface area (Å²) < 4.78 is 27.1. The van der Waals surface area contributed by atoms with Gasteiger partial charge in [0.05, 0.1) is 16.7 Å². The molecule has 2 heterocycles. The second-order valence-electron chi connectivity index (χ2n) is 9.80. The van der Waals surface area contributed by atoms with Crippen molar-refractivity contribution in [3.05, 3.63) is 111 Å². The molecule has 0 aromatic heterocycles. The SMILES string of the molecule is O=[N+]([O-])c1cccc(C2=NOC(CCCN3CCN(C(c4ccc(F)cc4)c4ccc(F)cc4)CC3)C2)c1. The van der Waals surface area contributed by atoms with Crippen molar-refractivity contribution < 1.29 is 18.5 Å². The molecule has 5 rings (SSSR count). The molecule has 1 unspecified atom stereocenters. The average Bonchev–Trinajstić information content (AvgIpc) is 3.41. The second-order valence-corrected chi connectivity index (χ2v) is 9.80. The predicted octanol–water partition coefficient (Wildman–Crippen LogP) is 5.55. The summed E-state index contributed by atoms with van der Waals surface area (Å²) in [5.41, 5.74) is 3.51. The number of nitrogens with zero attached hydrogens (tertiary/aromatic N) is 4. The number of benzene rings is 3. The van der Waals surface area contributed by atoms with Gasteiger partial charge in [0.2, 0.25) is 0 Å². The van der Waals surface area contributed by atoms with Crippen LogP contribution in [-0.4, -0.2) is 59.3 Å². The van der Waals surface area contributed by atoms with Crippen molar-refractivity contribution in [3.63, 3.8) is 0 Å². The third kappa shape index (κ3) is 6.23. The highest BCUT2D eigenvalue weighted by atomic mass is 19.1. The van der Waals surface area contributed by atoms with Crippen molar-refractivity contribution in [2.24, 2.45) is 5.16 Å². The van der Waals surface area contributed by atoms with Gasteiger partial charge in [-0.3, -0.25) is 15.0 Å². The molecule has 7 nitrogen and oxygen atoms in total. The Morgan fingerprint density at radius 2 is 1.58 bits per heavy atom. The largest absolute Gasteiger partial charge is 0.392 e. The normalized spacial score (nSPS) is 18.4. The van der Waals surface area contributed by atoms with Crippen molar-refractivity contribution in [2.45, 2.75) is 31.4 Å². The number of hydrogen-bond acceptors (Lipinski definition) is 6. The van der Waals surface area contributed by atoms with Crippen LogP contribution in [0.4, 0.5) is 14.5 Å². The molecule has 38 heavy (non-hydrogen) atoms. The van der Waals surface area contributed by atoms with Crippen molar-refractivity contribution in [3.8, 4) is 0 Å². The molecular formula is C29H30F2N4O3. The van der Waals surface area contributed by atoms with E-state index in [4.69, 9.17) is 4.84 Å². The summed E-state index contributed by atoms with van der Waals surface area (Å²) in [5, 5.41) is 15.2. The molecule has 2 aliphatic heterocycles. The summed E-state index contributed by atoms with van der Waals surface area (Å²) in [4.78, 5) is 21.1. The molecule has 9 heteroatoms. The van der Waals surface area contributed by atoms with Crippen LogP contribution in [0.2, 0.25) is 0 Å². The molecule has 0 spiro atoms. The number of non-ortho nitro benzene ring substituents is 1. The van der Waals surface area contributed by atoms with E-state index in [-0.39, 0.29) is 29.5 Å². The van der Waals surface area contributed by atoms with Gasteiger partial charge in [-0.15, -0.1) is 0 Å². The predicted molar refractivity (Wildman–Crippen MR) is 141 cm³/mol. The lowest BCUT2D eigenvalue weighted by Crippen LogP contribution is -2.48. The minimum Gasteiger partial charge on any atom is -0.392 e. The van der Waals surface area contributed by atoms with Crippen LogP contribution in [0.25, 0.3) is 0 Å². The molecule has 0 N–H and O–H groups in total. The van der Waals surface area contributed by atoms with Crippen LogP contribution in [0, 0.1) is 21.7 Å². The fourth-order valence-corrected chi connectivity index (χ4v) is 5.24. The zero-order valence-electron chi connectivity index (χ0n) is 21.0. The van der Waals surface area contributed by atoms with Gasteiger partial charge in [0.1, 0.15) is 17.7 Å². The van der Waals surface area contributed by atoms with E-state index < -0.39 is 4.92 Å². The molecular weight excluding hydrogens is 490 g/mol. The number of piperazine rings is 1. The fourth-order valence-electron chi connectivity index (χ4n) is 5.24. The summed E-state index contributed by atoms with van der Waals surface area (Å²) in [6.07, 6.45) is 2.44. The van der Waals surface area contributed by atoms with Crippen LogP contribution in [0.5, 0.6) is 0 Å². The van der Waals surface area contributed by atoms with E-state index in [1.807, 2.05) is 6.07 Å². The number of rotatable bonds is 9. The molecule has 0 amide bonds. The molecule has 0 aliphatic carbocycles. The van der Waals surface area contributed by atoms with Gasteiger partial charge in [-0.25, -0.2) is 8.78 Å². The van der Waals surface area contributed by atoms with Crippen LogP contribution >= 0.6 is 0 Å². The van der Waals surface area contributed by atoms with E-state index in [1.54, 1.807) is 30.3 Å². The van der Waals surface area contributed by atoms with Gasteiger partial charge in [0, 0.05) is 50.3 Å². The van der Waals surface area contributed by atoms with Gasteiger partial charge in [-0.2, -0.15) is 0 Å². The van der Waals surface area contributed by atoms with Gasteiger partial charge in [0.25, 0.3) is 5.69 Å². The topological polar surface area (TPSA) is 71.2 Å². The van der Waals surface area contributed by atoms with Crippen LogP contribution in [-0.2, 0) is 4.84 Å². The maximum Gasteiger partial charge on any atom is 0.270 e. The molecule has 0 bridgehead atoms. The maximum atomic E-state index is 13.6. The lowest BCUT2D eigenvalue weighted by molar-refractivity contribution is -0.384. The van der Waals surface area contributed by atoms with Gasteiger partial charge in [-0.1, -0.05) is 41.6 Å².